The molecule has 6 heteroatoms. The van der Waals surface area contributed by atoms with E-state index >= 15 is 0 Å². The molecular formula is C14H22N6. The van der Waals surface area contributed by atoms with Gasteiger partial charge >= 0.3 is 0 Å². The number of benzene rings is 1. The fourth-order valence-corrected chi connectivity index (χ4v) is 2.02. The van der Waals surface area contributed by atoms with Crippen LogP contribution in [0.4, 0.5) is 5.95 Å². The van der Waals surface area contributed by atoms with E-state index in [4.69, 9.17) is 0 Å². The van der Waals surface area contributed by atoms with Gasteiger partial charge in [-0.2, -0.15) is 4.68 Å². The van der Waals surface area contributed by atoms with Gasteiger partial charge in [-0.05, 0) is 42.6 Å². The van der Waals surface area contributed by atoms with Crippen LogP contribution in [0.5, 0.6) is 0 Å². The number of aromatic nitrogens is 4. The molecule has 0 radical (unpaired) electrons. The molecule has 0 fully saturated rings. The lowest BCUT2D eigenvalue weighted by molar-refractivity contribution is 0.315. The predicted molar refractivity (Wildman–Crippen MR) is 80.2 cm³/mol. The predicted octanol–water partition coefficient (Wildman–Crippen LogP) is 1.72. The summed E-state index contributed by atoms with van der Waals surface area (Å²) in [5, 5.41) is 15.1. The van der Waals surface area contributed by atoms with Crippen LogP contribution in [0.2, 0.25) is 0 Å². The van der Waals surface area contributed by atoms with Gasteiger partial charge in [0.1, 0.15) is 0 Å². The van der Waals surface area contributed by atoms with E-state index in [1.165, 1.54) is 5.56 Å². The Labute approximate surface area is 119 Å². The van der Waals surface area contributed by atoms with Gasteiger partial charge in [0.2, 0.25) is 5.95 Å². The molecule has 6 nitrogen and oxygen atoms in total. The summed E-state index contributed by atoms with van der Waals surface area (Å²) in [6.07, 6.45) is 0. The molecule has 1 N–H and O–H groups in total. The number of hydrogen-bond donors (Lipinski definition) is 1. The molecule has 1 heterocycles. The third-order valence-electron chi connectivity index (χ3n) is 3.35. The van der Waals surface area contributed by atoms with Crippen LogP contribution in [0.15, 0.2) is 24.3 Å². The number of nitrogens with one attached hydrogen (secondary N) is 1. The lowest BCUT2D eigenvalue weighted by Crippen LogP contribution is -2.29. The maximum Gasteiger partial charge on any atom is 0.247 e. The van der Waals surface area contributed by atoms with Gasteiger partial charge in [0.25, 0.3) is 0 Å². The minimum atomic E-state index is 0.681. The van der Waals surface area contributed by atoms with Crippen molar-refractivity contribution in [3.63, 3.8) is 0 Å². The van der Waals surface area contributed by atoms with Crippen molar-refractivity contribution in [1.29, 1.82) is 0 Å². The molecule has 0 unspecified atom stereocenters. The number of aryl methyl sites for hydroxylation is 1. The maximum absolute atomic E-state index is 4.04. The Morgan fingerprint density at radius 1 is 1.15 bits per heavy atom. The first kappa shape index (κ1) is 14.5. The molecule has 2 aromatic rings. The monoisotopic (exact) mass is 274 g/mol. The molecule has 0 aliphatic rings. The molecule has 2 rings (SSSR count). The molecule has 0 aliphatic carbocycles. The van der Waals surface area contributed by atoms with E-state index in [0.29, 0.717) is 5.95 Å². The molecule has 0 atom stereocenters. The molecular weight excluding hydrogens is 252 g/mol. The van der Waals surface area contributed by atoms with Crippen molar-refractivity contribution in [2.24, 2.45) is 0 Å². The minimum absolute atomic E-state index is 0.681. The largest absolute Gasteiger partial charge is 0.351 e. The summed E-state index contributed by atoms with van der Waals surface area (Å²) in [5.74, 6) is 0.681. The lowest BCUT2D eigenvalue weighted by atomic mass is 10.2. The van der Waals surface area contributed by atoms with Crippen molar-refractivity contribution in [3.8, 4) is 5.69 Å². The molecule has 0 spiro atoms. The fourth-order valence-electron chi connectivity index (χ4n) is 2.02. The zero-order valence-corrected chi connectivity index (χ0v) is 12.4. The Bertz CT molecular complexity index is 515. The van der Waals surface area contributed by atoms with E-state index in [1.807, 2.05) is 12.1 Å². The van der Waals surface area contributed by atoms with Gasteiger partial charge < -0.3 is 10.2 Å². The van der Waals surface area contributed by atoms with E-state index in [-0.39, 0.29) is 0 Å². The van der Waals surface area contributed by atoms with E-state index in [0.717, 1.165) is 31.9 Å². The maximum atomic E-state index is 4.04. The Morgan fingerprint density at radius 3 is 2.50 bits per heavy atom. The molecule has 1 aromatic heterocycles. The highest BCUT2D eigenvalue weighted by atomic mass is 15.6. The first-order chi connectivity index (χ1) is 9.74. The first-order valence-electron chi connectivity index (χ1n) is 7.06. The van der Waals surface area contributed by atoms with E-state index < -0.39 is 0 Å². The van der Waals surface area contributed by atoms with Crippen LogP contribution in [0.1, 0.15) is 19.4 Å². The third-order valence-corrected chi connectivity index (χ3v) is 3.35. The van der Waals surface area contributed by atoms with Crippen molar-refractivity contribution in [2.45, 2.75) is 20.8 Å². The molecule has 20 heavy (non-hydrogen) atoms. The van der Waals surface area contributed by atoms with Gasteiger partial charge in [0.15, 0.2) is 0 Å². The fraction of sp³-hybridized carbons (Fsp3) is 0.500. The molecule has 0 bridgehead atoms. The summed E-state index contributed by atoms with van der Waals surface area (Å²) >= 11 is 0. The summed E-state index contributed by atoms with van der Waals surface area (Å²) < 4.78 is 1.72. The van der Waals surface area contributed by atoms with Crippen LogP contribution in [-0.2, 0) is 0 Å². The Kier molecular flexibility index (Phi) is 5.06. The standard InChI is InChI=1S/C14H22N6/c1-4-19(5-2)11-10-15-14-16-17-18-20(14)13-8-6-12(3)7-9-13/h6-9H,4-5,10-11H2,1-3H3,(H,15,16,18). The highest BCUT2D eigenvalue weighted by Crippen LogP contribution is 2.11. The second-order valence-electron chi connectivity index (χ2n) is 4.70. The van der Waals surface area contributed by atoms with Gasteiger partial charge in [0.05, 0.1) is 5.69 Å². The second kappa shape index (κ2) is 7.00. The normalized spacial score (nSPS) is 11.0. The van der Waals surface area contributed by atoms with Crippen LogP contribution >= 0.6 is 0 Å². The van der Waals surface area contributed by atoms with Gasteiger partial charge in [-0.15, -0.1) is 0 Å². The van der Waals surface area contributed by atoms with Crippen LogP contribution in [-0.4, -0.2) is 51.3 Å². The van der Waals surface area contributed by atoms with Gasteiger partial charge in [0, 0.05) is 13.1 Å². The average Bonchev–Trinajstić information content (AvgIpc) is 2.93. The van der Waals surface area contributed by atoms with Crippen LogP contribution in [0.3, 0.4) is 0 Å². The minimum Gasteiger partial charge on any atom is -0.351 e. The summed E-state index contributed by atoms with van der Waals surface area (Å²) in [6, 6.07) is 8.13. The molecule has 0 amide bonds. The molecule has 108 valence electrons. The Morgan fingerprint density at radius 2 is 1.85 bits per heavy atom. The zero-order valence-electron chi connectivity index (χ0n) is 12.4. The molecule has 0 aliphatic heterocycles. The number of likely N-dealkylation sites (N-methyl/N-ethyl adjacent to an activating group) is 1. The van der Waals surface area contributed by atoms with E-state index in [9.17, 15) is 0 Å². The number of nitrogens with zero attached hydrogens (tertiary/aromatic N) is 5. The topological polar surface area (TPSA) is 58.9 Å². The number of anilines is 1. The quantitative estimate of drug-likeness (QED) is 0.833. The van der Waals surface area contributed by atoms with Crippen molar-refractivity contribution in [3.05, 3.63) is 29.8 Å². The van der Waals surface area contributed by atoms with Crippen molar-refractivity contribution >= 4 is 5.95 Å². The highest BCUT2D eigenvalue weighted by Gasteiger charge is 2.07. The van der Waals surface area contributed by atoms with Crippen molar-refractivity contribution < 1.29 is 0 Å². The molecule has 1 aromatic carbocycles. The second-order valence-corrected chi connectivity index (χ2v) is 4.70. The van der Waals surface area contributed by atoms with Crippen molar-refractivity contribution in [2.75, 3.05) is 31.5 Å². The van der Waals surface area contributed by atoms with E-state index in [2.05, 4.69) is 58.6 Å². The lowest BCUT2D eigenvalue weighted by Gasteiger charge is -2.18. The zero-order chi connectivity index (χ0) is 14.4. The summed E-state index contributed by atoms with van der Waals surface area (Å²) in [5.41, 5.74) is 2.18. The van der Waals surface area contributed by atoms with Gasteiger partial charge in [-0.3, -0.25) is 0 Å². The number of tetrazole rings is 1. The summed E-state index contributed by atoms with van der Waals surface area (Å²) in [7, 11) is 0. The summed E-state index contributed by atoms with van der Waals surface area (Å²) in [6.45, 7) is 10.3. The van der Waals surface area contributed by atoms with Gasteiger partial charge in [-0.25, -0.2) is 0 Å². The molecule has 0 saturated heterocycles. The third kappa shape index (κ3) is 3.54. The van der Waals surface area contributed by atoms with E-state index in [1.54, 1.807) is 4.68 Å². The van der Waals surface area contributed by atoms with Crippen LogP contribution in [0, 0.1) is 6.92 Å². The highest BCUT2D eigenvalue weighted by molar-refractivity contribution is 5.39. The Balaban J connectivity index is 2.00. The molecule has 0 saturated carbocycles. The van der Waals surface area contributed by atoms with Crippen molar-refractivity contribution in [1.82, 2.24) is 25.1 Å². The summed E-state index contributed by atoms with van der Waals surface area (Å²) in [4.78, 5) is 2.35. The average molecular weight is 274 g/mol. The first-order valence-corrected chi connectivity index (χ1v) is 7.06. The number of rotatable bonds is 7. The Hall–Kier alpha value is -1.95. The SMILES string of the molecule is CCN(CC)CCNc1nnnn1-c1ccc(C)cc1. The van der Waals surface area contributed by atoms with Crippen LogP contribution in [0.25, 0.3) is 5.69 Å². The van der Waals surface area contributed by atoms with Gasteiger partial charge in [-0.1, -0.05) is 36.6 Å². The smallest absolute Gasteiger partial charge is 0.247 e. The van der Waals surface area contributed by atoms with Crippen LogP contribution < -0.4 is 5.32 Å². The number of hydrogen-bond acceptors (Lipinski definition) is 5.